The first-order chi connectivity index (χ1) is 24.8. The lowest BCUT2D eigenvalue weighted by molar-refractivity contribution is 1.07. The normalized spacial score (nSPS) is 11.2. The zero-order valence-electron chi connectivity index (χ0n) is 27.1. The lowest BCUT2D eigenvalue weighted by atomic mass is 9.85. The predicted molar refractivity (Wildman–Crippen MR) is 205 cm³/mol. The van der Waals surface area contributed by atoms with Crippen LogP contribution in [0.4, 0.5) is 0 Å². The maximum absolute atomic E-state index is 5.06. The van der Waals surface area contributed by atoms with Crippen molar-refractivity contribution in [1.82, 2.24) is 19.9 Å². The fourth-order valence-electron chi connectivity index (χ4n) is 6.86. The van der Waals surface area contributed by atoms with Gasteiger partial charge in [-0.3, -0.25) is 4.98 Å². The van der Waals surface area contributed by atoms with Crippen LogP contribution in [0.15, 0.2) is 182 Å². The van der Waals surface area contributed by atoms with Crippen LogP contribution in [0.3, 0.4) is 0 Å². The van der Waals surface area contributed by atoms with Gasteiger partial charge in [0, 0.05) is 29.1 Å². The first kappa shape index (κ1) is 29.4. The van der Waals surface area contributed by atoms with Gasteiger partial charge >= 0.3 is 0 Å². The Morgan fingerprint density at radius 3 is 1.24 bits per heavy atom. The molecule has 0 bridgehead atoms. The number of rotatable bonds is 6. The summed E-state index contributed by atoms with van der Waals surface area (Å²) in [7, 11) is 0. The lowest BCUT2D eigenvalue weighted by Gasteiger charge is -2.18. The van der Waals surface area contributed by atoms with E-state index >= 15 is 0 Å². The van der Waals surface area contributed by atoms with Gasteiger partial charge in [0.25, 0.3) is 0 Å². The molecule has 0 unspecified atom stereocenters. The summed E-state index contributed by atoms with van der Waals surface area (Å²) in [6, 6.07) is 59.3. The van der Waals surface area contributed by atoms with E-state index < -0.39 is 0 Å². The molecule has 0 amide bonds. The van der Waals surface area contributed by atoms with Gasteiger partial charge in [-0.1, -0.05) is 152 Å². The number of fused-ring (bicyclic) bond motifs is 3. The average Bonchev–Trinajstić information content (AvgIpc) is 3.21. The van der Waals surface area contributed by atoms with Crippen molar-refractivity contribution in [1.29, 1.82) is 0 Å². The third-order valence-corrected chi connectivity index (χ3v) is 9.23. The topological polar surface area (TPSA) is 51.6 Å². The van der Waals surface area contributed by atoms with Crippen molar-refractivity contribution in [3.63, 3.8) is 0 Å². The van der Waals surface area contributed by atoms with E-state index in [0.717, 1.165) is 33.4 Å². The van der Waals surface area contributed by atoms with Gasteiger partial charge < -0.3 is 0 Å². The highest BCUT2D eigenvalue weighted by molar-refractivity contribution is 6.21. The monoisotopic (exact) mass is 638 g/mol. The molecule has 0 spiro atoms. The number of hydrogen-bond donors (Lipinski definition) is 0. The van der Waals surface area contributed by atoms with E-state index in [9.17, 15) is 0 Å². The summed E-state index contributed by atoms with van der Waals surface area (Å²) in [5.74, 6) is 1.89. The number of benzene rings is 7. The summed E-state index contributed by atoms with van der Waals surface area (Å²) >= 11 is 0. The largest absolute Gasteiger partial charge is 0.265 e. The molecule has 0 saturated heterocycles. The van der Waals surface area contributed by atoms with Crippen molar-refractivity contribution in [3.8, 4) is 67.5 Å². The highest BCUT2D eigenvalue weighted by atomic mass is 15.0. The van der Waals surface area contributed by atoms with Gasteiger partial charge in [0.1, 0.15) is 0 Å². The second-order valence-electron chi connectivity index (χ2n) is 12.3. The van der Waals surface area contributed by atoms with Crippen LogP contribution in [-0.4, -0.2) is 19.9 Å². The van der Waals surface area contributed by atoms with Crippen molar-refractivity contribution < 1.29 is 0 Å². The van der Waals surface area contributed by atoms with Gasteiger partial charge in [-0.15, -0.1) is 0 Å². The minimum Gasteiger partial charge on any atom is -0.265 e. The van der Waals surface area contributed by atoms with Gasteiger partial charge in [-0.05, 0) is 73.1 Å². The molecule has 50 heavy (non-hydrogen) atoms. The summed E-state index contributed by atoms with van der Waals surface area (Å²) in [5.41, 5.74) is 9.73. The van der Waals surface area contributed by atoms with Crippen molar-refractivity contribution in [3.05, 3.63) is 182 Å². The Morgan fingerprint density at radius 2 is 0.660 bits per heavy atom. The van der Waals surface area contributed by atoms with Gasteiger partial charge in [-0.2, -0.15) is 0 Å². The molecule has 0 radical (unpaired) electrons. The smallest absolute Gasteiger partial charge is 0.164 e. The van der Waals surface area contributed by atoms with E-state index in [0.29, 0.717) is 17.5 Å². The predicted octanol–water partition coefficient (Wildman–Crippen LogP) is 11.6. The van der Waals surface area contributed by atoms with Crippen molar-refractivity contribution in [2.75, 3.05) is 0 Å². The van der Waals surface area contributed by atoms with Crippen LogP contribution in [0.25, 0.3) is 89.1 Å². The van der Waals surface area contributed by atoms with Crippen LogP contribution in [0.2, 0.25) is 0 Å². The van der Waals surface area contributed by atoms with E-state index in [2.05, 4.69) is 126 Å². The van der Waals surface area contributed by atoms with E-state index in [1.807, 2.05) is 60.9 Å². The molecule has 0 atom stereocenters. The Kier molecular flexibility index (Phi) is 7.45. The second kappa shape index (κ2) is 12.7. The van der Waals surface area contributed by atoms with Gasteiger partial charge in [0.05, 0.1) is 0 Å². The maximum Gasteiger partial charge on any atom is 0.164 e. The Bertz CT molecular complexity index is 2620. The third-order valence-electron chi connectivity index (χ3n) is 9.23. The molecule has 0 fully saturated rings. The maximum atomic E-state index is 5.06. The minimum absolute atomic E-state index is 0.626. The standard InChI is InChI=1S/C46H30N4/c1-3-12-32(13-4-1)42-40-20-9-7-18-38(40)39-19-8-10-21-41(39)43(42)33-22-24-35(25-23-33)45-48-44(34-14-5-2-6-15-34)49-46(50-45)37-17-11-16-36(30-37)31-26-28-47-29-27-31/h1-30H. The van der Waals surface area contributed by atoms with Crippen LogP contribution in [0.1, 0.15) is 0 Å². The molecule has 0 N–H and O–H groups in total. The zero-order valence-corrected chi connectivity index (χ0v) is 27.1. The number of nitrogens with zero attached hydrogens (tertiary/aromatic N) is 4. The quantitative estimate of drug-likeness (QED) is 0.170. The van der Waals surface area contributed by atoms with Crippen molar-refractivity contribution in [2.45, 2.75) is 0 Å². The van der Waals surface area contributed by atoms with E-state index in [4.69, 9.17) is 15.0 Å². The van der Waals surface area contributed by atoms with Gasteiger partial charge in [0.2, 0.25) is 0 Å². The summed E-state index contributed by atoms with van der Waals surface area (Å²) in [6.07, 6.45) is 3.62. The first-order valence-corrected chi connectivity index (χ1v) is 16.7. The molecule has 2 aromatic heterocycles. The highest BCUT2D eigenvalue weighted by Gasteiger charge is 2.18. The van der Waals surface area contributed by atoms with Crippen LogP contribution in [0.5, 0.6) is 0 Å². The molecular weight excluding hydrogens is 609 g/mol. The lowest BCUT2D eigenvalue weighted by Crippen LogP contribution is -2.00. The van der Waals surface area contributed by atoms with E-state index in [1.54, 1.807) is 0 Å². The Labute approximate surface area is 290 Å². The van der Waals surface area contributed by atoms with Crippen LogP contribution >= 0.6 is 0 Å². The molecule has 4 heteroatoms. The molecule has 9 aromatic rings. The fourth-order valence-corrected chi connectivity index (χ4v) is 6.86. The molecule has 4 nitrogen and oxygen atoms in total. The molecule has 9 rings (SSSR count). The molecule has 7 aromatic carbocycles. The van der Waals surface area contributed by atoms with Crippen LogP contribution < -0.4 is 0 Å². The summed E-state index contributed by atoms with van der Waals surface area (Å²) in [4.78, 5) is 19.2. The van der Waals surface area contributed by atoms with Crippen molar-refractivity contribution >= 4 is 21.5 Å². The minimum atomic E-state index is 0.626. The first-order valence-electron chi connectivity index (χ1n) is 16.7. The molecule has 0 saturated carbocycles. The Balaban J connectivity index is 1.21. The summed E-state index contributed by atoms with van der Waals surface area (Å²) in [5, 5.41) is 4.95. The molecular formula is C46H30N4. The van der Waals surface area contributed by atoms with E-state index in [1.165, 1.54) is 38.2 Å². The Morgan fingerprint density at radius 1 is 0.260 bits per heavy atom. The molecule has 0 aliphatic heterocycles. The third kappa shape index (κ3) is 5.39. The number of hydrogen-bond acceptors (Lipinski definition) is 4. The molecule has 2 heterocycles. The summed E-state index contributed by atoms with van der Waals surface area (Å²) in [6.45, 7) is 0. The second-order valence-corrected chi connectivity index (χ2v) is 12.3. The van der Waals surface area contributed by atoms with Crippen LogP contribution in [-0.2, 0) is 0 Å². The SMILES string of the molecule is c1ccc(-c2nc(-c3ccc(-c4c(-c5ccccc5)c5ccccc5c5ccccc45)cc3)nc(-c3cccc(-c4ccncc4)c3)n2)cc1. The Hall–Kier alpha value is -6.78. The van der Waals surface area contributed by atoms with E-state index in [-0.39, 0.29) is 0 Å². The molecule has 234 valence electrons. The zero-order chi connectivity index (χ0) is 33.3. The molecule has 0 aliphatic rings. The average molecular weight is 639 g/mol. The highest BCUT2D eigenvalue weighted by Crippen LogP contribution is 2.44. The summed E-state index contributed by atoms with van der Waals surface area (Å²) < 4.78 is 0. The van der Waals surface area contributed by atoms with Crippen molar-refractivity contribution in [2.24, 2.45) is 0 Å². The van der Waals surface area contributed by atoms with Gasteiger partial charge in [0.15, 0.2) is 17.5 Å². The van der Waals surface area contributed by atoms with Crippen LogP contribution in [0, 0.1) is 0 Å². The van der Waals surface area contributed by atoms with Gasteiger partial charge in [-0.25, -0.2) is 15.0 Å². The molecule has 0 aliphatic carbocycles. The number of aromatic nitrogens is 4. The number of pyridine rings is 1. The fraction of sp³-hybridized carbons (Fsp3) is 0.